The first-order valence-corrected chi connectivity index (χ1v) is 5.26. The van der Waals surface area contributed by atoms with Crippen molar-refractivity contribution < 1.29 is 14.3 Å². The highest BCUT2D eigenvalue weighted by Gasteiger charge is 2.14. The van der Waals surface area contributed by atoms with E-state index < -0.39 is 6.29 Å². The van der Waals surface area contributed by atoms with Crippen LogP contribution in [-0.2, 0) is 9.47 Å². The van der Waals surface area contributed by atoms with E-state index in [1.807, 2.05) is 0 Å². The lowest BCUT2D eigenvalue weighted by Crippen LogP contribution is -2.17. The van der Waals surface area contributed by atoms with Crippen LogP contribution in [0.15, 0.2) is 11.4 Å². The molecule has 0 bridgehead atoms. The molecule has 0 amide bonds. The molecule has 0 saturated carbocycles. The molecule has 1 rings (SSSR count). The molecule has 0 atom stereocenters. The van der Waals surface area contributed by atoms with E-state index in [9.17, 15) is 4.79 Å². The minimum Gasteiger partial charge on any atom is -0.355 e. The molecule has 5 heteroatoms. The molecule has 0 fully saturated rings. The van der Waals surface area contributed by atoms with E-state index in [0.29, 0.717) is 9.90 Å². The van der Waals surface area contributed by atoms with Crippen molar-refractivity contribution in [2.24, 2.45) is 0 Å². The molecule has 0 spiro atoms. The Labute approximate surface area is 91.6 Å². The van der Waals surface area contributed by atoms with Gasteiger partial charge in [-0.25, -0.2) is 0 Å². The third-order valence-corrected chi connectivity index (χ3v) is 2.86. The first-order valence-electron chi connectivity index (χ1n) is 4.00. The molecule has 0 radical (unpaired) electrons. The number of hydrogen-bond acceptors (Lipinski definition) is 4. The zero-order valence-corrected chi connectivity index (χ0v) is 9.52. The van der Waals surface area contributed by atoms with E-state index in [-0.39, 0.29) is 12.2 Å². The van der Waals surface area contributed by atoms with E-state index in [0.717, 1.165) is 0 Å². The molecule has 0 N–H and O–H groups in total. The molecule has 1 heterocycles. The maximum absolute atomic E-state index is 11.6. The molecular weight excluding hydrogens is 224 g/mol. The van der Waals surface area contributed by atoms with Crippen molar-refractivity contribution in [1.82, 2.24) is 0 Å². The van der Waals surface area contributed by atoms with Crippen LogP contribution < -0.4 is 0 Å². The molecule has 0 saturated heterocycles. The van der Waals surface area contributed by atoms with Crippen LogP contribution in [0, 0.1) is 0 Å². The second-order valence-electron chi connectivity index (χ2n) is 2.67. The average Bonchev–Trinajstić information content (AvgIpc) is 2.61. The Kier molecular flexibility index (Phi) is 4.54. The number of ketones is 1. The topological polar surface area (TPSA) is 35.5 Å². The Morgan fingerprint density at radius 2 is 2.21 bits per heavy atom. The number of carbonyl (C=O) groups excluding carboxylic acids is 1. The third kappa shape index (κ3) is 3.06. The molecule has 14 heavy (non-hydrogen) atoms. The first kappa shape index (κ1) is 11.7. The van der Waals surface area contributed by atoms with E-state index in [1.165, 1.54) is 25.6 Å². The van der Waals surface area contributed by atoms with Gasteiger partial charge in [0.05, 0.1) is 10.8 Å². The molecular formula is C9H11ClO3S. The van der Waals surface area contributed by atoms with Gasteiger partial charge in [0.15, 0.2) is 12.1 Å². The fraction of sp³-hybridized carbons (Fsp3) is 0.444. The van der Waals surface area contributed by atoms with Gasteiger partial charge in [0.1, 0.15) is 0 Å². The lowest BCUT2D eigenvalue weighted by molar-refractivity contribution is -0.0993. The van der Waals surface area contributed by atoms with Crippen LogP contribution >= 0.6 is 22.9 Å². The molecule has 1 aromatic rings. The smallest absolute Gasteiger partial charge is 0.168 e. The maximum atomic E-state index is 11.6. The van der Waals surface area contributed by atoms with Crippen molar-refractivity contribution in [3.8, 4) is 0 Å². The first-order chi connectivity index (χ1) is 6.67. The van der Waals surface area contributed by atoms with Crippen LogP contribution in [-0.4, -0.2) is 26.3 Å². The van der Waals surface area contributed by atoms with Crippen molar-refractivity contribution in [3.05, 3.63) is 21.3 Å². The number of halogens is 1. The van der Waals surface area contributed by atoms with Gasteiger partial charge in [0, 0.05) is 25.2 Å². The monoisotopic (exact) mass is 234 g/mol. The summed E-state index contributed by atoms with van der Waals surface area (Å²) in [7, 11) is 3.00. The lowest BCUT2D eigenvalue weighted by Gasteiger charge is -2.11. The van der Waals surface area contributed by atoms with Gasteiger partial charge >= 0.3 is 0 Å². The second-order valence-corrected chi connectivity index (χ2v) is 4.21. The zero-order chi connectivity index (χ0) is 10.6. The number of Topliss-reactive ketones (excluding diaryl/α,β-unsaturated/α-hetero) is 1. The van der Waals surface area contributed by atoms with E-state index in [2.05, 4.69) is 0 Å². The number of hydrogen-bond donors (Lipinski definition) is 0. The molecule has 3 nitrogen and oxygen atoms in total. The summed E-state index contributed by atoms with van der Waals surface area (Å²) in [6, 6.07) is 1.65. The van der Waals surface area contributed by atoms with Gasteiger partial charge in [0.2, 0.25) is 0 Å². The van der Waals surface area contributed by atoms with E-state index in [4.69, 9.17) is 21.1 Å². The van der Waals surface area contributed by atoms with Gasteiger partial charge in [-0.1, -0.05) is 11.6 Å². The summed E-state index contributed by atoms with van der Waals surface area (Å²) in [5, 5.41) is 1.73. The van der Waals surface area contributed by atoms with Gasteiger partial charge in [-0.05, 0) is 6.07 Å². The average molecular weight is 235 g/mol. The highest BCUT2D eigenvalue weighted by atomic mass is 35.5. The minimum atomic E-state index is -0.485. The van der Waals surface area contributed by atoms with Gasteiger partial charge in [-0.3, -0.25) is 4.79 Å². The van der Waals surface area contributed by atoms with Crippen LogP contribution in [0.25, 0.3) is 0 Å². The SMILES string of the molecule is COC(CC(=O)c1csc(Cl)c1)OC. The van der Waals surface area contributed by atoms with E-state index in [1.54, 1.807) is 11.4 Å². The van der Waals surface area contributed by atoms with Gasteiger partial charge in [-0.15, -0.1) is 11.3 Å². The lowest BCUT2D eigenvalue weighted by atomic mass is 10.1. The zero-order valence-electron chi connectivity index (χ0n) is 7.95. The Morgan fingerprint density at radius 3 is 2.64 bits per heavy atom. The van der Waals surface area contributed by atoms with Crippen LogP contribution in [0.2, 0.25) is 4.34 Å². The summed E-state index contributed by atoms with van der Waals surface area (Å²) in [5.41, 5.74) is 0.610. The Balaban J connectivity index is 2.58. The highest BCUT2D eigenvalue weighted by molar-refractivity contribution is 7.14. The normalized spacial score (nSPS) is 10.9. The van der Waals surface area contributed by atoms with Crippen molar-refractivity contribution in [3.63, 3.8) is 0 Å². The second kappa shape index (κ2) is 5.46. The fourth-order valence-electron chi connectivity index (χ4n) is 0.988. The standard InChI is InChI=1S/C9H11ClO3S/c1-12-9(13-2)4-7(11)6-3-8(10)14-5-6/h3,5,9H,4H2,1-2H3. The van der Waals surface area contributed by atoms with Gasteiger partial charge in [0.25, 0.3) is 0 Å². The molecule has 78 valence electrons. The Hall–Kier alpha value is -0.420. The number of methoxy groups -OCH3 is 2. The van der Waals surface area contributed by atoms with Gasteiger partial charge < -0.3 is 9.47 Å². The summed E-state index contributed by atoms with van der Waals surface area (Å²) >= 11 is 7.05. The van der Waals surface area contributed by atoms with Crippen molar-refractivity contribution in [1.29, 1.82) is 0 Å². The van der Waals surface area contributed by atoms with Crippen molar-refractivity contribution in [2.75, 3.05) is 14.2 Å². The highest BCUT2D eigenvalue weighted by Crippen LogP contribution is 2.21. The van der Waals surface area contributed by atoms with Crippen molar-refractivity contribution in [2.45, 2.75) is 12.7 Å². The number of thiophene rings is 1. The number of carbonyl (C=O) groups is 1. The fourth-order valence-corrected chi connectivity index (χ4v) is 1.87. The maximum Gasteiger partial charge on any atom is 0.168 e. The summed E-state index contributed by atoms with van der Waals surface area (Å²) in [6.45, 7) is 0. The summed E-state index contributed by atoms with van der Waals surface area (Å²) < 4.78 is 10.5. The van der Waals surface area contributed by atoms with Crippen molar-refractivity contribution >= 4 is 28.7 Å². The Bertz CT molecular complexity index is 307. The van der Waals surface area contributed by atoms with Crippen LogP contribution in [0.3, 0.4) is 0 Å². The molecule has 0 unspecified atom stereocenters. The molecule has 1 aromatic heterocycles. The molecule has 0 aliphatic carbocycles. The Morgan fingerprint density at radius 1 is 1.57 bits per heavy atom. The summed E-state index contributed by atoms with van der Waals surface area (Å²) in [6.07, 6.45) is -0.277. The molecule has 0 aromatic carbocycles. The number of rotatable bonds is 5. The summed E-state index contributed by atoms with van der Waals surface area (Å²) in [4.78, 5) is 11.6. The summed E-state index contributed by atoms with van der Waals surface area (Å²) in [5.74, 6) is -0.0261. The third-order valence-electron chi connectivity index (χ3n) is 1.77. The molecule has 0 aliphatic rings. The quantitative estimate of drug-likeness (QED) is 0.580. The van der Waals surface area contributed by atoms with Crippen LogP contribution in [0.5, 0.6) is 0 Å². The van der Waals surface area contributed by atoms with Gasteiger partial charge in [-0.2, -0.15) is 0 Å². The minimum absolute atomic E-state index is 0.0261. The predicted molar refractivity (Wildman–Crippen MR) is 56.1 cm³/mol. The van der Waals surface area contributed by atoms with Crippen LogP contribution in [0.4, 0.5) is 0 Å². The van der Waals surface area contributed by atoms with Crippen LogP contribution in [0.1, 0.15) is 16.8 Å². The largest absolute Gasteiger partial charge is 0.355 e. The van der Waals surface area contributed by atoms with E-state index >= 15 is 0 Å². The predicted octanol–water partition coefficient (Wildman–Crippen LogP) is 2.59. The molecule has 0 aliphatic heterocycles. The number of ether oxygens (including phenoxy) is 2.